The Kier molecular flexibility index (Phi) is 12.2. The van der Waals surface area contributed by atoms with Crippen LogP contribution in [0.2, 0.25) is 0 Å². The Bertz CT molecular complexity index is 1390. The molecule has 0 saturated carbocycles. The summed E-state index contributed by atoms with van der Waals surface area (Å²) in [6, 6.07) is 18.3. The third kappa shape index (κ3) is 10.6. The quantitative estimate of drug-likeness (QED) is 0.0726. The number of aryl methyl sites for hydroxylation is 1. The summed E-state index contributed by atoms with van der Waals surface area (Å²) in [6.07, 6.45) is 4.99. The number of carbonyl (C=O) groups is 3. The van der Waals surface area contributed by atoms with E-state index in [4.69, 9.17) is 28.3 Å². The lowest BCUT2D eigenvalue weighted by Crippen LogP contribution is -2.53. The summed E-state index contributed by atoms with van der Waals surface area (Å²) in [7, 11) is 0. The van der Waals surface area contributed by atoms with E-state index in [1.807, 2.05) is 42.5 Å². The molecule has 43 heavy (non-hydrogen) atoms. The molecular weight excluding hydrogens is 546 g/mol. The van der Waals surface area contributed by atoms with Crippen molar-refractivity contribution in [3.63, 3.8) is 0 Å². The maximum absolute atomic E-state index is 13.8. The van der Waals surface area contributed by atoms with Crippen LogP contribution in [0.1, 0.15) is 47.4 Å². The molecular formula is C31H39N9O3. The molecule has 2 aromatic carbocycles. The predicted octanol–water partition coefficient (Wildman–Crippen LogP) is 0.833. The minimum Gasteiger partial charge on any atom is -0.384 e. The van der Waals surface area contributed by atoms with Crippen LogP contribution in [-0.2, 0) is 27.2 Å². The number of nitrogen functional groups attached to an aromatic ring is 1. The molecule has 0 aliphatic rings. The molecule has 0 bridgehead atoms. The number of amidine groups is 1. The van der Waals surface area contributed by atoms with Gasteiger partial charge >= 0.3 is 0 Å². The number of primary amides is 1. The van der Waals surface area contributed by atoms with Gasteiger partial charge in [-0.05, 0) is 54.9 Å². The molecule has 12 nitrogen and oxygen atoms in total. The van der Waals surface area contributed by atoms with Gasteiger partial charge in [-0.2, -0.15) is 0 Å². The van der Waals surface area contributed by atoms with Crippen molar-refractivity contribution in [2.75, 3.05) is 6.54 Å². The van der Waals surface area contributed by atoms with Crippen LogP contribution in [-0.4, -0.2) is 53.1 Å². The van der Waals surface area contributed by atoms with E-state index in [1.54, 1.807) is 36.7 Å². The topological polar surface area (TPSA) is 228 Å². The lowest BCUT2D eigenvalue weighted by atomic mass is 9.91. The van der Waals surface area contributed by atoms with Gasteiger partial charge in [-0.15, -0.1) is 0 Å². The standard InChI is InChI=1S/C31H39N9O3/c32-27(33)22-13-10-21(11-14-22)18-24(23-8-4-16-37-19-23)29(42)40-26(15-12-20-6-2-1-3-7-20)30(43)39-25(28(34)41)9-5-17-38-31(35)36/h1-4,6-8,10-11,13-14,16,19,24-26H,5,9,12,15,17-18H2,(H3,32,33)(H2,34,41)(H,39,43)(H,40,42)(H4,35,36,38)/t24-,25+,26+/m1/s1. The zero-order valence-corrected chi connectivity index (χ0v) is 23.9. The van der Waals surface area contributed by atoms with E-state index in [0.717, 1.165) is 11.1 Å². The van der Waals surface area contributed by atoms with Gasteiger partial charge in [0.2, 0.25) is 17.7 Å². The summed E-state index contributed by atoms with van der Waals surface area (Å²) in [5.41, 5.74) is 25.0. The second-order valence-corrected chi connectivity index (χ2v) is 10.2. The van der Waals surface area contributed by atoms with Gasteiger partial charge in [-0.3, -0.25) is 29.8 Å². The first-order valence-corrected chi connectivity index (χ1v) is 14.0. The van der Waals surface area contributed by atoms with Crippen molar-refractivity contribution in [3.8, 4) is 0 Å². The number of hydrogen-bond donors (Lipinski definition) is 7. The fraction of sp³-hybridized carbons (Fsp3) is 0.290. The first-order valence-electron chi connectivity index (χ1n) is 14.0. The van der Waals surface area contributed by atoms with E-state index in [9.17, 15) is 14.4 Å². The molecule has 1 aromatic heterocycles. The first kappa shape index (κ1) is 32.3. The number of nitrogens with zero attached hydrogens (tertiary/aromatic N) is 2. The van der Waals surface area contributed by atoms with Crippen LogP contribution in [0.4, 0.5) is 0 Å². The van der Waals surface area contributed by atoms with Crippen LogP contribution in [0.5, 0.6) is 0 Å². The summed E-state index contributed by atoms with van der Waals surface area (Å²) in [5, 5.41) is 13.3. The van der Waals surface area contributed by atoms with Crippen molar-refractivity contribution in [3.05, 3.63) is 101 Å². The fourth-order valence-electron chi connectivity index (χ4n) is 4.56. The van der Waals surface area contributed by atoms with Crippen molar-refractivity contribution < 1.29 is 14.4 Å². The van der Waals surface area contributed by atoms with Gasteiger partial charge in [-0.1, -0.05) is 60.7 Å². The lowest BCUT2D eigenvalue weighted by molar-refractivity contribution is -0.132. The Morgan fingerprint density at radius 2 is 1.51 bits per heavy atom. The number of aliphatic imine (C=N–C) groups is 1. The molecule has 11 N–H and O–H groups in total. The van der Waals surface area contributed by atoms with E-state index in [2.05, 4.69) is 20.6 Å². The van der Waals surface area contributed by atoms with E-state index in [0.29, 0.717) is 30.4 Å². The number of hydrogen-bond acceptors (Lipinski definition) is 6. The maximum Gasteiger partial charge on any atom is 0.243 e. The molecule has 3 atom stereocenters. The molecule has 0 fully saturated rings. The van der Waals surface area contributed by atoms with E-state index in [1.165, 1.54) is 0 Å². The van der Waals surface area contributed by atoms with Crippen molar-refractivity contribution in [1.29, 1.82) is 5.41 Å². The van der Waals surface area contributed by atoms with Gasteiger partial charge in [-0.25, -0.2) is 0 Å². The highest BCUT2D eigenvalue weighted by molar-refractivity contribution is 5.95. The number of pyridine rings is 1. The zero-order valence-electron chi connectivity index (χ0n) is 23.9. The number of benzene rings is 2. The average Bonchev–Trinajstić information content (AvgIpc) is 3.00. The molecule has 0 aliphatic carbocycles. The monoisotopic (exact) mass is 585 g/mol. The molecule has 0 unspecified atom stereocenters. The molecule has 226 valence electrons. The molecule has 12 heteroatoms. The van der Waals surface area contributed by atoms with Crippen LogP contribution < -0.4 is 33.6 Å². The summed E-state index contributed by atoms with van der Waals surface area (Å²) in [5.74, 6) is -2.39. The zero-order chi connectivity index (χ0) is 31.2. The highest BCUT2D eigenvalue weighted by Gasteiger charge is 2.29. The molecule has 3 aromatic rings. The first-order chi connectivity index (χ1) is 20.6. The Balaban J connectivity index is 1.82. The van der Waals surface area contributed by atoms with Crippen molar-refractivity contribution in [2.45, 2.75) is 50.1 Å². The Morgan fingerprint density at radius 1 is 0.814 bits per heavy atom. The summed E-state index contributed by atoms with van der Waals surface area (Å²) < 4.78 is 0. The number of amides is 3. The summed E-state index contributed by atoms with van der Waals surface area (Å²) in [4.78, 5) is 47.6. The van der Waals surface area contributed by atoms with Gasteiger partial charge in [0, 0.05) is 24.5 Å². The van der Waals surface area contributed by atoms with E-state index >= 15 is 0 Å². The molecule has 3 rings (SSSR count). The molecule has 0 saturated heterocycles. The second-order valence-electron chi connectivity index (χ2n) is 10.2. The Morgan fingerprint density at radius 3 is 2.12 bits per heavy atom. The highest BCUT2D eigenvalue weighted by atomic mass is 16.2. The number of rotatable bonds is 16. The van der Waals surface area contributed by atoms with Gasteiger partial charge in [0.1, 0.15) is 17.9 Å². The third-order valence-corrected chi connectivity index (χ3v) is 6.91. The minimum atomic E-state index is -0.966. The van der Waals surface area contributed by atoms with E-state index in [-0.39, 0.29) is 37.1 Å². The van der Waals surface area contributed by atoms with Crippen molar-refractivity contribution in [2.24, 2.45) is 27.9 Å². The smallest absolute Gasteiger partial charge is 0.243 e. The normalized spacial score (nSPS) is 12.7. The number of carbonyl (C=O) groups excluding carboxylic acids is 3. The second kappa shape index (κ2) is 16.2. The van der Waals surface area contributed by atoms with Crippen molar-refractivity contribution in [1.82, 2.24) is 15.6 Å². The van der Waals surface area contributed by atoms with Gasteiger partial charge in [0.05, 0.1) is 5.92 Å². The van der Waals surface area contributed by atoms with E-state index < -0.39 is 29.8 Å². The van der Waals surface area contributed by atoms with Crippen LogP contribution in [0.25, 0.3) is 0 Å². The van der Waals surface area contributed by atoms with Gasteiger partial charge < -0.3 is 33.6 Å². The third-order valence-electron chi connectivity index (χ3n) is 6.91. The highest BCUT2D eigenvalue weighted by Crippen LogP contribution is 2.22. The number of aromatic nitrogens is 1. The van der Waals surface area contributed by atoms with Crippen LogP contribution >= 0.6 is 0 Å². The largest absolute Gasteiger partial charge is 0.384 e. The predicted molar refractivity (Wildman–Crippen MR) is 166 cm³/mol. The van der Waals surface area contributed by atoms with Crippen molar-refractivity contribution >= 4 is 29.5 Å². The van der Waals surface area contributed by atoms with Crippen LogP contribution in [0.3, 0.4) is 0 Å². The van der Waals surface area contributed by atoms with Gasteiger partial charge in [0.15, 0.2) is 5.96 Å². The van der Waals surface area contributed by atoms with Crippen LogP contribution in [0.15, 0.2) is 84.1 Å². The Hall–Kier alpha value is -5.26. The fourth-order valence-corrected chi connectivity index (χ4v) is 4.56. The van der Waals surface area contributed by atoms with Crippen LogP contribution in [0, 0.1) is 5.41 Å². The minimum absolute atomic E-state index is 0.0501. The SMILES string of the molecule is N=C(N)c1ccc(C[C@@H](C(=O)N[C@@H](CCc2ccccc2)C(=O)N[C@@H](CCCN=C(N)N)C(N)=O)c2cccnc2)cc1. The Labute approximate surface area is 250 Å². The van der Waals surface area contributed by atoms with Gasteiger partial charge in [0.25, 0.3) is 0 Å². The summed E-state index contributed by atoms with van der Waals surface area (Å²) >= 11 is 0. The lowest BCUT2D eigenvalue weighted by Gasteiger charge is -2.25. The summed E-state index contributed by atoms with van der Waals surface area (Å²) in [6.45, 7) is 0.274. The number of guanidine groups is 1. The molecule has 1 heterocycles. The molecule has 0 aliphatic heterocycles. The number of nitrogens with one attached hydrogen (secondary N) is 3. The molecule has 0 spiro atoms. The number of nitrogens with two attached hydrogens (primary N) is 4. The molecule has 0 radical (unpaired) electrons. The molecule has 3 amide bonds. The average molecular weight is 586 g/mol. The maximum atomic E-state index is 13.8.